The number of hydrogen-bond acceptors (Lipinski definition) is 5. The molecule has 6 heteroatoms. The van der Waals surface area contributed by atoms with Crippen LogP contribution in [0.15, 0.2) is 6.20 Å². The van der Waals surface area contributed by atoms with Gasteiger partial charge in [-0.25, -0.2) is 4.79 Å². The third-order valence-corrected chi connectivity index (χ3v) is 2.05. The third kappa shape index (κ3) is 2.53. The maximum atomic E-state index is 11.6. The molecule has 0 bridgehead atoms. The minimum atomic E-state index is -1.00. The zero-order valence-electron chi connectivity index (χ0n) is 9.31. The first kappa shape index (κ1) is 12.1. The van der Waals surface area contributed by atoms with Gasteiger partial charge in [0.05, 0.1) is 24.8 Å². The van der Waals surface area contributed by atoms with E-state index in [1.165, 1.54) is 10.9 Å². The lowest BCUT2D eigenvalue weighted by atomic mass is 10.1. The van der Waals surface area contributed by atoms with Gasteiger partial charge < -0.3 is 4.74 Å². The normalized spacial score (nSPS) is 9.94. The Labute approximate surface area is 92.2 Å². The molecule has 0 saturated heterocycles. The Morgan fingerprint density at radius 1 is 1.44 bits per heavy atom. The second-order valence-corrected chi connectivity index (χ2v) is 3.32. The van der Waals surface area contributed by atoms with Crippen molar-refractivity contribution in [2.24, 2.45) is 7.05 Å². The minimum Gasteiger partial charge on any atom is -0.463 e. The molecule has 6 nitrogen and oxygen atoms in total. The number of ketones is 2. The van der Waals surface area contributed by atoms with E-state index in [-0.39, 0.29) is 0 Å². The molecule has 0 aromatic carbocycles. The number of aromatic nitrogens is 2. The van der Waals surface area contributed by atoms with Crippen LogP contribution in [0.3, 0.4) is 0 Å². The van der Waals surface area contributed by atoms with E-state index in [4.69, 9.17) is 0 Å². The van der Waals surface area contributed by atoms with Crippen LogP contribution < -0.4 is 0 Å². The fraction of sp³-hybridized carbons (Fsp3) is 0.400. The Bertz CT molecular complexity index is 448. The molecule has 1 aromatic heterocycles. The topological polar surface area (TPSA) is 78.3 Å². The van der Waals surface area contributed by atoms with Crippen molar-refractivity contribution >= 4 is 17.5 Å². The van der Waals surface area contributed by atoms with Crippen molar-refractivity contribution in [1.29, 1.82) is 0 Å². The molecule has 0 fully saturated rings. The molecule has 0 radical (unpaired) electrons. The molecule has 0 aliphatic carbocycles. The van der Waals surface area contributed by atoms with Crippen LogP contribution in [0.1, 0.15) is 22.5 Å². The number of hydrogen-bond donors (Lipinski definition) is 0. The quantitative estimate of drug-likeness (QED) is 0.312. The van der Waals surface area contributed by atoms with Crippen LogP contribution in [-0.4, -0.2) is 34.4 Å². The lowest BCUT2D eigenvalue weighted by Gasteiger charge is -1.97. The standard InChI is InChI=1S/C10H12N2O4/c1-6-7(5-12(2)11-6)8(13)4-9(14)10(15)16-3/h5H,4H2,1-3H3. The van der Waals surface area contributed by atoms with E-state index >= 15 is 0 Å². The van der Waals surface area contributed by atoms with Crippen LogP contribution in [0.5, 0.6) is 0 Å². The van der Waals surface area contributed by atoms with E-state index in [1.54, 1.807) is 14.0 Å². The summed E-state index contributed by atoms with van der Waals surface area (Å²) >= 11 is 0. The van der Waals surface area contributed by atoms with Crippen LogP contribution >= 0.6 is 0 Å². The minimum absolute atomic E-state index is 0.347. The van der Waals surface area contributed by atoms with Gasteiger partial charge in [0.2, 0.25) is 5.78 Å². The maximum Gasteiger partial charge on any atom is 0.374 e. The summed E-state index contributed by atoms with van der Waals surface area (Å²) in [5.74, 6) is -2.29. The van der Waals surface area contributed by atoms with E-state index in [0.717, 1.165) is 7.11 Å². The van der Waals surface area contributed by atoms with Gasteiger partial charge in [0, 0.05) is 13.2 Å². The lowest BCUT2D eigenvalue weighted by molar-refractivity contribution is -0.151. The molecule has 0 N–H and O–H groups in total. The monoisotopic (exact) mass is 224 g/mol. The van der Waals surface area contributed by atoms with Crippen LogP contribution in [0.25, 0.3) is 0 Å². The number of aryl methyl sites for hydroxylation is 2. The summed E-state index contributed by atoms with van der Waals surface area (Å²) in [6.07, 6.45) is 1.03. The predicted molar refractivity (Wildman–Crippen MR) is 53.9 cm³/mol. The summed E-state index contributed by atoms with van der Waals surface area (Å²) < 4.78 is 5.70. The lowest BCUT2D eigenvalue weighted by Crippen LogP contribution is -2.19. The van der Waals surface area contributed by atoms with Gasteiger partial charge in [-0.3, -0.25) is 14.3 Å². The van der Waals surface area contributed by atoms with Crippen LogP contribution in [-0.2, 0) is 21.4 Å². The van der Waals surface area contributed by atoms with Gasteiger partial charge in [-0.2, -0.15) is 5.10 Å². The predicted octanol–water partition coefficient (Wildman–Crippen LogP) is 0.0434. The smallest absolute Gasteiger partial charge is 0.374 e. The van der Waals surface area contributed by atoms with E-state index in [2.05, 4.69) is 9.84 Å². The summed E-state index contributed by atoms with van der Waals surface area (Å²) in [6.45, 7) is 1.66. The number of esters is 1. The summed E-state index contributed by atoms with van der Waals surface area (Å²) in [6, 6.07) is 0. The van der Waals surface area contributed by atoms with Gasteiger partial charge in [0.25, 0.3) is 0 Å². The molecule has 0 aliphatic heterocycles. The first-order chi connectivity index (χ1) is 7.45. The highest BCUT2D eigenvalue weighted by atomic mass is 16.5. The van der Waals surface area contributed by atoms with Crippen molar-refractivity contribution in [3.8, 4) is 0 Å². The van der Waals surface area contributed by atoms with Gasteiger partial charge in [-0.05, 0) is 6.92 Å². The Balaban J connectivity index is 2.77. The molecule has 1 rings (SSSR count). The van der Waals surface area contributed by atoms with Crippen LogP contribution in [0.4, 0.5) is 0 Å². The number of carbonyl (C=O) groups excluding carboxylic acids is 3. The van der Waals surface area contributed by atoms with E-state index in [0.29, 0.717) is 11.3 Å². The Hall–Kier alpha value is -1.98. The molecule has 0 amide bonds. The second-order valence-electron chi connectivity index (χ2n) is 3.32. The zero-order chi connectivity index (χ0) is 12.3. The van der Waals surface area contributed by atoms with Gasteiger partial charge in [0.15, 0.2) is 5.78 Å². The van der Waals surface area contributed by atoms with Crippen molar-refractivity contribution in [1.82, 2.24) is 9.78 Å². The van der Waals surface area contributed by atoms with Gasteiger partial charge in [-0.15, -0.1) is 0 Å². The first-order valence-electron chi connectivity index (χ1n) is 4.60. The van der Waals surface area contributed by atoms with Gasteiger partial charge in [0.1, 0.15) is 0 Å². The van der Waals surface area contributed by atoms with Crippen LogP contribution in [0, 0.1) is 6.92 Å². The fourth-order valence-corrected chi connectivity index (χ4v) is 1.30. The highest BCUT2D eigenvalue weighted by Gasteiger charge is 2.21. The van der Waals surface area contributed by atoms with Crippen molar-refractivity contribution in [3.63, 3.8) is 0 Å². The molecule has 0 unspecified atom stereocenters. The molecule has 1 aromatic rings. The second kappa shape index (κ2) is 4.69. The number of Topliss-reactive ketones (excluding diaryl/α,β-unsaturated/α-hetero) is 2. The fourth-order valence-electron chi connectivity index (χ4n) is 1.30. The first-order valence-corrected chi connectivity index (χ1v) is 4.60. The molecular weight excluding hydrogens is 212 g/mol. The van der Waals surface area contributed by atoms with Crippen molar-refractivity contribution in [2.75, 3.05) is 7.11 Å². The summed E-state index contributed by atoms with van der Waals surface area (Å²) in [5, 5.41) is 3.97. The van der Waals surface area contributed by atoms with E-state index in [9.17, 15) is 14.4 Å². The summed E-state index contributed by atoms with van der Waals surface area (Å²) in [5.41, 5.74) is 0.880. The number of ether oxygens (including phenoxy) is 1. The number of methoxy groups -OCH3 is 1. The molecule has 0 saturated carbocycles. The highest BCUT2D eigenvalue weighted by Crippen LogP contribution is 2.08. The molecule has 0 aliphatic rings. The Kier molecular flexibility index (Phi) is 3.55. The average Bonchev–Trinajstić information content (AvgIpc) is 2.56. The molecule has 16 heavy (non-hydrogen) atoms. The zero-order valence-corrected chi connectivity index (χ0v) is 9.31. The van der Waals surface area contributed by atoms with Crippen molar-refractivity contribution in [3.05, 3.63) is 17.5 Å². The Morgan fingerprint density at radius 3 is 2.50 bits per heavy atom. The Morgan fingerprint density at radius 2 is 2.06 bits per heavy atom. The summed E-state index contributed by atoms with van der Waals surface area (Å²) in [4.78, 5) is 33.6. The molecule has 1 heterocycles. The third-order valence-electron chi connectivity index (χ3n) is 2.05. The molecule has 0 spiro atoms. The SMILES string of the molecule is COC(=O)C(=O)CC(=O)c1cn(C)nc1C. The van der Waals surface area contributed by atoms with Gasteiger partial charge >= 0.3 is 5.97 Å². The molecule has 0 atom stereocenters. The average molecular weight is 224 g/mol. The van der Waals surface area contributed by atoms with E-state index in [1.807, 2.05) is 0 Å². The summed E-state index contributed by atoms with van der Waals surface area (Å²) in [7, 11) is 2.77. The van der Waals surface area contributed by atoms with Crippen molar-refractivity contribution < 1.29 is 19.1 Å². The largest absolute Gasteiger partial charge is 0.463 e. The molecular formula is C10H12N2O4. The van der Waals surface area contributed by atoms with Crippen molar-refractivity contribution in [2.45, 2.75) is 13.3 Å². The number of rotatable bonds is 4. The van der Waals surface area contributed by atoms with Crippen LogP contribution in [0.2, 0.25) is 0 Å². The van der Waals surface area contributed by atoms with E-state index < -0.39 is 24.0 Å². The number of carbonyl (C=O) groups is 3. The maximum absolute atomic E-state index is 11.6. The van der Waals surface area contributed by atoms with Gasteiger partial charge in [-0.1, -0.05) is 0 Å². The molecule has 86 valence electrons. The number of nitrogens with zero attached hydrogens (tertiary/aromatic N) is 2. The highest BCUT2D eigenvalue weighted by molar-refractivity contribution is 6.38.